The molecule has 1 fully saturated rings. The zero-order chi connectivity index (χ0) is 3.70. The summed E-state index contributed by atoms with van der Waals surface area (Å²) in [6, 6.07) is 2.22. The first-order chi connectivity index (χ1) is 2.43. The van der Waals surface area contributed by atoms with Crippen molar-refractivity contribution in [2.45, 2.75) is 6.04 Å². The van der Waals surface area contributed by atoms with Gasteiger partial charge in [-0.1, -0.05) is 0 Å². The summed E-state index contributed by atoms with van der Waals surface area (Å²) in [5, 5.41) is 10.7. The first-order valence-corrected chi connectivity index (χ1v) is 1.56. The summed E-state index contributed by atoms with van der Waals surface area (Å²) in [4.78, 5) is 0. The SMILES string of the molecule is N#C[C@H]1CN1. The summed E-state index contributed by atoms with van der Waals surface area (Å²) in [5.41, 5.74) is 0. The Morgan fingerprint density at radius 1 is 2.00 bits per heavy atom. The summed E-state index contributed by atoms with van der Waals surface area (Å²) in [7, 11) is 0. The van der Waals surface area contributed by atoms with E-state index in [-0.39, 0.29) is 6.04 Å². The Balaban J connectivity index is 2.30. The zero-order valence-corrected chi connectivity index (χ0v) is 2.73. The molecule has 1 N–H and O–H groups in total. The fourth-order valence-electron chi connectivity index (χ4n) is 0.150. The maximum atomic E-state index is 7.89. The minimum Gasteiger partial charge on any atom is -0.298 e. The van der Waals surface area contributed by atoms with Gasteiger partial charge < -0.3 is 0 Å². The maximum absolute atomic E-state index is 7.89. The summed E-state index contributed by atoms with van der Waals surface area (Å²) in [5.74, 6) is 0. The van der Waals surface area contributed by atoms with Crippen molar-refractivity contribution in [3.63, 3.8) is 0 Å². The fraction of sp³-hybridized carbons (Fsp3) is 0.667. The third-order valence-electron chi connectivity index (χ3n) is 0.564. The third kappa shape index (κ3) is 0.366. The van der Waals surface area contributed by atoms with Crippen molar-refractivity contribution in [3.05, 3.63) is 0 Å². The van der Waals surface area contributed by atoms with Gasteiger partial charge in [0.1, 0.15) is 6.04 Å². The zero-order valence-electron chi connectivity index (χ0n) is 2.73. The predicted molar refractivity (Wildman–Crippen MR) is 17.4 cm³/mol. The second-order valence-corrected chi connectivity index (χ2v) is 1.09. The monoisotopic (exact) mass is 68.0 g/mol. The predicted octanol–water partition coefficient (Wildman–Crippen LogP) is -0.518. The van der Waals surface area contributed by atoms with Gasteiger partial charge in [-0.25, -0.2) is 0 Å². The highest BCUT2D eigenvalue weighted by atomic mass is 15.1. The van der Waals surface area contributed by atoms with Crippen LogP contribution in [-0.2, 0) is 0 Å². The molecule has 0 radical (unpaired) electrons. The van der Waals surface area contributed by atoms with Gasteiger partial charge in [-0.2, -0.15) is 5.26 Å². The number of nitriles is 1. The van der Waals surface area contributed by atoms with E-state index in [1.54, 1.807) is 0 Å². The lowest BCUT2D eigenvalue weighted by atomic mass is 10.6. The van der Waals surface area contributed by atoms with Crippen LogP contribution in [0.4, 0.5) is 0 Å². The van der Waals surface area contributed by atoms with Gasteiger partial charge in [-0.3, -0.25) is 5.32 Å². The van der Waals surface area contributed by atoms with Crippen LogP contribution < -0.4 is 5.32 Å². The van der Waals surface area contributed by atoms with Crippen LogP contribution in [0.15, 0.2) is 0 Å². The molecule has 0 aromatic carbocycles. The largest absolute Gasteiger partial charge is 0.298 e. The van der Waals surface area contributed by atoms with Crippen molar-refractivity contribution < 1.29 is 0 Å². The van der Waals surface area contributed by atoms with Crippen molar-refractivity contribution in [2.75, 3.05) is 6.54 Å². The molecule has 1 atom stereocenters. The van der Waals surface area contributed by atoms with E-state index in [0.717, 1.165) is 6.54 Å². The average Bonchev–Trinajstić information content (AvgIpc) is 2.12. The Labute approximate surface area is 30.4 Å². The van der Waals surface area contributed by atoms with Crippen LogP contribution in [-0.4, -0.2) is 12.6 Å². The standard InChI is InChI=1S/C3H4N2/c4-1-3-2-5-3/h3,5H,2H2/t3-/m0/s1. The van der Waals surface area contributed by atoms with Gasteiger partial charge in [0.25, 0.3) is 0 Å². The van der Waals surface area contributed by atoms with Crippen LogP contribution in [0.2, 0.25) is 0 Å². The average molecular weight is 68.1 g/mol. The summed E-state index contributed by atoms with van der Waals surface area (Å²) < 4.78 is 0. The van der Waals surface area contributed by atoms with Crippen LogP contribution in [0.3, 0.4) is 0 Å². The minimum absolute atomic E-state index is 0.190. The van der Waals surface area contributed by atoms with Crippen LogP contribution in [0.25, 0.3) is 0 Å². The molecule has 2 heteroatoms. The number of hydrogen-bond donors (Lipinski definition) is 1. The number of hydrogen-bond acceptors (Lipinski definition) is 2. The van der Waals surface area contributed by atoms with Crippen LogP contribution in [0, 0.1) is 11.3 Å². The maximum Gasteiger partial charge on any atom is 0.108 e. The molecule has 1 saturated heterocycles. The molecule has 5 heavy (non-hydrogen) atoms. The lowest BCUT2D eigenvalue weighted by Crippen LogP contribution is -1.78. The van der Waals surface area contributed by atoms with E-state index in [4.69, 9.17) is 5.26 Å². The Hall–Kier alpha value is -0.550. The van der Waals surface area contributed by atoms with Crippen molar-refractivity contribution in [1.82, 2.24) is 5.32 Å². The molecule has 26 valence electrons. The van der Waals surface area contributed by atoms with Gasteiger partial charge in [0.2, 0.25) is 0 Å². The highest BCUT2D eigenvalue weighted by molar-refractivity contribution is 5.02. The van der Waals surface area contributed by atoms with Crippen LogP contribution in [0.1, 0.15) is 0 Å². The van der Waals surface area contributed by atoms with Gasteiger partial charge in [-0.15, -0.1) is 0 Å². The van der Waals surface area contributed by atoms with E-state index in [0.29, 0.717) is 0 Å². The van der Waals surface area contributed by atoms with E-state index in [9.17, 15) is 0 Å². The van der Waals surface area contributed by atoms with E-state index >= 15 is 0 Å². The highest BCUT2D eigenvalue weighted by Crippen LogP contribution is 1.89. The third-order valence-corrected chi connectivity index (χ3v) is 0.564. The van der Waals surface area contributed by atoms with Crippen LogP contribution in [0.5, 0.6) is 0 Å². The van der Waals surface area contributed by atoms with Gasteiger partial charge in [0.15, 0.2) is 0 Å². The molecule has 1 aliphatic rings. The first-order valence-electron chi connectivity index (χ1n) is 1.56. The Kier molecular flexibility index (Phi) is 0.373. The summed E-state index contributed by atoms with van der Waals surface area (Å²) >= 11 is 0. The molecule has 2 nitrogen and oxygen atoms in total. The molecule has 0 aliphatic carbocycles. The van der Waals surface area contributed by atoms with Crippen molar-refractivity contribution in [3.8, 4) is 6.07 Å². The van der Waals surface area contributed by atoms with E-state index in [2.05, 4.69) is 5.32 Å². The molecule has 0 amide bonds. The van der Waals surface area contributed by atoms with Crippen molar-refractivity contribution in [2.24, 2.45) is 0 Å². The molecule has 1 heterocycles. The molecular formula is C3H4N2. The van der Waals surface area contributed by atoms with Gasteiger partial charge >= 0.3 is 0 Å². The molecular weight excluding hydrogens is 64.0 g/mol. The number of rotatable bonds is 0. The molecule has 0 saturated carbocycles. The van der Waals surface area contributed by atoms with Gasteiger partial charge in [0.05, 0.1) is 6.07 Å². The van der Waals surface area contributed by atoms with E-state index in [1.807, 2.05) is 6.07 Å². The lowest BCUT2D eigenvalue weighted by Gasteiger charge is -1.51. The van der Waals surface area contributed by atoms with Gasteiger partial charge in [-0.05, 0) is 0 Å². The molecule has 1 rings (SSSR count). The normalized spacial score (nSPS) is 32.2. The smallest absolute Gasteiger partial charge is 0.108 e. The molecule has 0 spiro atoms. The topological polar surface area (TPSA) is 45.7 Å². The van der Waals surface area contributed by atoms with Gasteiger partial charge in [0, 0.05) is 6.54 Å². The molecule has 0 unspecified atom stereocenters. The first kappa shape index (κ1) is 2.67. The molecule has 0 bridgehead atoms. The summed E-state index contributed by atoms with van der Waals surface area (Å²) in [6.07, 6.45) is 0. The molecule has 1 aliphatic heterocycles. The Bertz CT molecular complexity index is 67.5. The fourth-order valence-corrected chi connectivity index (χ4v) is 0.150. The second kappa shape index (κ2) is 0.697. The molecule has 0 aromatic rings. The lowest BCUT2D eigenvalue weighted by molar-refractivity contribution is 1.21. The summed E-state index contributed by atoms with van der Waals surface area (Å²) in [6.45, 7) is 0.899. The minimum atomic E-state index is 0.190. The quantitative estimate of drug-likeness (QED) is 0.388. The number of nitrogens with zero attached hydrogens (tertiary/aromatic N) is 1. The number of nitrogens with one attached hydrogen (secondary N) is 1. The van der Waals surface area contributed by atoms with Crippen molar-refractivity contribution >= 4 is 0 Å². The second-order valence-electron chi connectivity index (χ2n) is 1.09. The highest BCUT2D eigenvalue weighted by Gasteiger charge is 2.17. The Morgan fingerprint density at radius 3 is 2.60 bits per heavy atom. The Morgan fingerprint density at radius 2 is 2.60 bits per heavy atom. The van der Waals surface area contributed by atoms with E-state index in [1.165, 1.54) is 0 Å². The van der Waals surface area contributed by atoms with Crippen molar-refractivity contribution in [1.29, 1.82) is 5.26 Å². The van der Waals surface area contributed by atoms with E-state index < -0.39 is 0 Å². The van der Waals surface area contributed by atoms with Crippen LogP contribution >= 0.6 is 0 Å². The molecule has 0 aromatic heterocycles.